The average molecular weight is 370 g/mol. The fourth-order valence-corrected chi connectivity index (χ4v) is 2.14. The lowest BCUT2D eigenvalue weighted by Crippen LogP contribution is -2.42. The normalized spacial score (nSPS) is 11.5. The summed E-state index contributed by atoms with van der Waals surface area (Å²) in [5.74, 6) is -2.37. The highest BCUT2D eigenvalue weighted by Gasteiger charge is 2.22. The lowest BCUT2D eigenvalue weighted by Gasteiger charge is -2.23. The molecule has 1 rings (SSSR count). The van der Waals surface area contributed by atoms with Gasteiger partial charge in [0.25, 0.3) is 0 Å². The summed E-state index contributed by atoms with van der Waals surface area (Å²) < 4.78 is 4.98. The molecule has 10 nitrogen and oxygen atoms in total. The molecule has 0 fully saturated rings. The molecule has 0 unspecified atom stereocenters. The number of aliphatic hydroxyl groups is 2. The van der Waals surface area contributed by atoms with Crippen molar-refractivity contribution in [3.8, 4) is 5.75 Å². The number of nitrogens with one attached hydrogen (secondary N) is 1. The van der Waals surface area contributed by atoms with Crippen LogP contribution < -0.4 is 15.0 Å². The van der Waals surface area contributed by atoms with Gasteiger partial charge in [-0.25, -0.2) is 9.59 Å². The number of benzene rings is 1. The van der Waals surface area contributed by atoms with Gasteiger partial charge in [0.15, 0.2) is 0 Å². The molecule has 0 heterocycles. The number of carbonyl (C=O) groups excluding carboxylic acids is 1. The smallest absolute Gasteiger partial charge is 0.413 e. The van der Waals surface area contributed by atoms with Crippen molar-refractivity contribution in [2.24, 2.45) is 0 Å². The van der Waals surface area contributed by atoms with E-state index in [-0.39, 0.29) is 25.4 Å². The van der Waals surface area contributed by atoms with Crippen LogP contribution >= 0.6 is 0 Å². The Balaban J connectivity index is 2.65. The van der Waals surface area contributed by atoms with Crippen LogP contribution in [0.15, 0.2) is 24.3 Å². The summed E-state index contributed by atoms with van der Waals surface area (Å²) in [6, 6.07) is 4.82. The number of aliphatic hydroxyl groups excluding tert-OH is 2. The van der Waals surface area contributed by atoms with Crippen LogP contribution in [0.3, 0.4) is 0 Å². The predicted octanol–water partition coefficient (Wildman–Crippen LogP) is -0.116. The van der Waals surface area contributed by atoms with Crippen LogP contribution in [0.5, 0.6) is 5.75 Å². The lowest BCUT2D eigenvalue weighted by atomic mass is 10.1. The topological polar surface area (TPSA) is 157 Å². The second kappa shape index (κ2) is 10.9. The van der Waals surface area contributed by atoms with Crippen LogP contribution in [0, 0.1) is 0 Å². The molecule has 1 atom stereocenters. The fraction of sp³-hybridized carbons (Fsp3) is 0.438. The van der Waals surface area contributed by atoms with Crippen LogP contribution in [-0.2, 0) is 9.59 Å². The summed E-state index contributed by atoms with van der Waals surface area (Å²) in [6.45, 7) is 0.470. The molecule has 0 radical (unpaired) electrons. The van der Waals surface area contributed by atoms with Crippen molar-refractivity contribution < 1.29 is 39.5 Å². The standard InChI is InChI=1S/C16H22N2O8/c19-9-7-18(8-10-20)11-1-3-12(4-2-11)26-16(25)17-13(15(23)24)5-6-14(21)22/h1-4,13,19-20H,5-10H2,(H,17,25)(H,21,22)(H,23,24)/t13-/m1/s1. The first kappa shape index (κ1) is 21.2. The molecule has 10 heteroatoms. The van der Waals surface area contributed by atoms with Crippen LogP contribution in [0.2, 0.25) is 0 Å². The predicted molar refractivity (Wildman–Crippen MR) is 90.3 cm³/mol. The van der Waals surface area contributed by atoms with Crippen molar-refractivity contribution in [3.63, 3.8) is 0 Å². The van der Waals surface area contributed by atoms with Gasteiger partial charge in [-0.2, -0.15) is 0 Å². The quantitative estimate of drug-likeness (QED) is 0.358. The van der Waals surface area contributed by atoms with Gasteiger partial charge in [-0.3, -0.25) is 4.79 Å². The Hall–Kier alpha value is -2.85. The Labute approximate surface area is 149 Å². The number of carbonyl (C=O) groups is 3. The Morgan fingerprint density at radius 1 is 1.04 bits per heavy atom. The monoisotopic (exact) mass is 370 g/mol. The molecule has 0 saturated heterocycles. The van der Waals surface area contributed by atoms with Gasteiger partial charge in [0.1, 0.15) is 11.8 Å². The van der Waals surface area contributed by atoms with Crippen LogP contribution in [-0.4, -0.2) is 70.8 Å². The molecular weight excluding hydrogens is 348 g/mol. The number of rotatable bonds is 11. The molecule has 144 valence electrons. The number of amides is 1. The molecule has 1 aromatic rings. The van der Waals surface area contributed by atoms with Crippen LogP contribution in [0.4, 0.5) is 10.5 Å². The minimum atomic E-state index is -1.37. The molecule has 0 bridgehead atoms. The number of carboxylic acids is 2. The Kier molecular flexibility index (Phi) is 8.88. The minimum Gasteiger partial charge on any atom is -0.481 e. The highest BCUT2D eigenvalue weighted by molar-refractivity contribution is 5.81. The largest absolute Gasteiger partial charge is 0.481 e. The van der Waals surface area contributed by atoms with Gasteiger partial charge in [0.05, 0.1) is 13.2 Å². The molecular formula is C16H22N2O8. The third-order valence-corrected chi connectivity index (χ3v) is 3.39. The molecule has 1 aromatic carbocycles. The maximum Gasteiger partial charge on any atom is 0.413 e. The Morgan fingerprint density at radius 2 is 1.62 bits per heavy atom. The highest BCUT2D eigenvalue weighted by atomic mass is 16.6. The summed E-state index contributed by atoms with van der Waals surface area (Å²) >= 11 is 0. The molecule has 0 aliphatic rings. The van der Waals surface area contributed by atoms with E-state index in [2.05, 4.69) is 5.32 Å². The highest BCUT2D eigenvalue weighted by Crippen LogP contribution is 2.19. The maximum absolute atomic E-state index is 11.8. The summed E-state index contributed by atoms with van der Waals surface area (Å²) in [7, 11) is 0. The van der Waals surface area contributed by atoms with Gasteiger partial charge >= 0.3 is 18.0 Å². The van der Waals surface area contributed by atoms with E-state index in [0.717, 1.165) is 0 Å². The third kappa shape index (κ3) is 7.36. The van der Waals surface area contributed by atoms with Crippen LogP contribution in [0.25, 0.3) is 0 Å². The van der Waals surface area contributed by atoms with Crippen molar-refractivity contribution in [1.29, 1.82) is 0 Å². The van der Waals surface area contributed by atoms with Crippen molar-refractivity contribution >= 4 is 23.7 Å². The molecule has 26 heavy (non-hydrogen) atoms. The van der Waals surface area contributed by atoms with Gasteiger partial charge in [0.2, 0.25) is 0 Å². The number of hydrogen-bond donors (Lipinski definition) is 5. The summed E-state index contributed by atoms with van der Waals surface area (Å²) in [4.78, 5) is 35.1. The SMILES string of the molecule is O=C(O)CC[C@@H](NC(=O)Oc1ccc(N(CCO)CCO)cc1)C(=O)O. The van der Waals surface area contributed by atoms with E-state index in [1.165, 1.54) is 12.1 Å². The van der Waals surface area contributed by atoms with Crippen molar-refractivity contribution in [2.45, 2.75) is 18.9 Å². The number of hydrogen-bond acceptors (Lipinski definition) is 7. The van der Waals surface area contributed by atoms with E-state index in [1.807, 2.05) is 0 Å². The van der Waals surface area contributed by atoms with Crippen molar-refractivity contribution in [2.75, 3.05) is 31.2 Å². The zero-order valence-electron chi connectivity index (χ0n) is 14.0. The fourth-order valence-electron chi connectivity index (χ4n) is 2.14. The van der Waals surface area contributed by atoms with Gasteiger partial charge in [0, 0.05) is 25.2 Å². The third-order valence-electron chi connectivity index (χ3n) is 3.39. The van der Waals surface area contributed by atoms with E-state index in [9.17, 15) is 14.4 Å². The van der Waals surface area contributed by atoms with Crippen molar-refractivity contribution in [3.05, 3.63) is 24.3 Å². The number of carboxylic acid groups (broad SMARTS) is 2. The number of nitrogens with zero attached hydrogens (tertiary/aromatic N) is 1. The van der Waals surface area contributed by atoms with Gasteiger partial charge in [-0.1, -0.05) is 0 Å². The average Bonchev–Trinajstić information content (AvgIpc) is 2.58. The number of aliphatic carboxylic acids is 2. The second-order valence-corrected chi connectivity index (χ2v) is 5.29. The van der Waals surface area contributed by atoms with Crippen LogP contribution in [0.1, 0.15) is 12.8 Å². The van der Waals surface area contributed by atoms with Gasteiger partial charge < -0.3 is 35.4 Å². The first-order chi connectivity index (χ1) is 12.4. The van der Waals surface area contributed by atoms with E-state index < -0.39 is 30.5 Å². The molecule has 0 aromatic heterocycles. The van der Waals surface area contributed by atoms with E-state index >= 15 is 0 Å². The Morgan fingerprint density at radius 3 is 2.08 bits per heavy atom. The minimum absolute atomic E-state index is 0.0897. The molecule has 0 aliphatic carbocycles. The first-order valence-electron chi connectivity index (χ1n) is 7.87. The van der Waals surface area contributed by atoms with Gasteiger partial charge in [-0.15, -0.1) is 0 Å². The molecule has 0 aliphatic heterocycles. The summed E-state index contributed by atoms with van der Waals surface area (Å²) in [6.07, 6.45) is -1.69. The van der Waals surface area contributed by atoms with E-state index in [1.54, 1.807) is 17.0 Å². The zero-order chi connectivity index (χ0) is 19.5. The Bertz CT molecular complexity index is 599. The van der Waals surface area contributed by atoms with Crippen molar-refractivity contribution in [1.82, 2.24) is 5.32 Å². The molecule has 0 spiro atoms. The number of ether oxygens (including phenoxy) is 1. The first-order valence-corrected chi connectivity index (χ1v) is 7.87. The lowest BCUT2D eigenvalue weighted by molar-refractivity contribution is -0.140. The summed E-state index contributed by atoms with van der Waals surface area (Å²) in [5.41, 5.74) is 0.700. The summed E-state index contributed by atoms with van der Waals surface area (Å²) in [5, 5.41) is 37.7. The van der Waals surface area contributed by atoms with E-state index in [4.69, 9.17) is 25.2 Å². The maximum atomic E-state index is 11.8. The molecule has 1 amide bonds. The molecule has 5 N–H and O–H groups in total. The number of anilines is 1. The zero-order valence-corrected chi connectivity index (χ0v) is 14.0. The van der Waals surface area contributed by atoms with E-state index in [0.29, 0.717) is 18.8 Å². The second-order valence-electron chi connectivity index (χ2n) is 5.29. The molecule has 0 saturated carbocycles. The van der Waals surface area contributed by atoms with Gasteiger partial charge in [-0.05, 0) is 30.7 Å².